The molecule has 72 heavy (non-hydrogen) atoms. The van der Waals surface area contributed by atoms with E-state index in [1.54, 1.807) is 53.5 Å². The molecule has 0 unspecified atom stereocenters. The van der Waals surface area contributed by atoms with E-state index >= 15 is 0 Å². The van der Waals surface area contributed by atoms with Crippen molar-refractivity contribution in [3.05, 3.63) is 168 Å². The number of carbonyl (C=O) groups is 5. The molecule has 4 amide bonds. The molecule has 7 rings (SSSR count). The van der Waals surface area contributed by atoms with E-state index in [0.29, 0.717) is 80.5 Å². The second-order valence-electron chi connectivity index (χ2n) is 17.8. The number of aliphatic hydroxyl groups excluding tert-OH is 1. The van der Waals surface area contributed by atoms with Crippen LogP contribution >= 0.6 is 46.4 Å². The van der Waals surface area contributed by atoms with Crippen molar-refractivity contribution in [3.8, 4) is 0 Å². The van der Waals surface area contributed by atoms with Gasteiger partial charge in [-0.15, -0.1) is 0 Å². The van der Waals surface area contributed by atoms with Gasteiger partial charge in [-0.2, -0.15) is 0 Å². The number of ketones is 1. The van der Waals surface area contributed by atoms with Crippen molar-refractivity contribution >= 4 is 93.8 Å². The minimum atomic E-state index is -0.922. The number of unbranched alkanes of at least 4 members (excludes halogenated alkanes) is 3. The first-order chi connectivity index (χ1) is 34.8. The molecule has 1 fully saturated rings. The zero-order valence-electron chi connectivity index (χ0n) is 39.5. The second kappa shape index (κ2) is 26.5. The summed E-state index contributed by atoms with van der Waals surface area (Å²) in [5.74, 6) is -1.30. The third kappa shape index (κ3) is 15.9. The van der Waals surface area contributed by atoms with Gasteiger partial charge in [0.05, 0.1) is 32.7 Å². The Bertz CT molecular complexity index is 2740. The molecule has 2 aliphatic heterocycles. The van der Waals surface area contributed by atoms with Crippen LogP contribution in [0.2, 0.25) is 20.1 Å². The van der Waals surface area contributed by atoms with E-state index in [2.05, 4.69) is 48.3 Å². The van der Waals surface area contributed by atoms with Crippen LogP contribution in [0.4, 0.5) is 5.82 Å². The fourth-order valence-corrected chi connectivity index (χ4v) is 9.13. The van der Waals surface area contributed by atoms with E-state index in [1.165, 1.54) is 23.5 Å². The number of fused-ring (bicyclic) bond motifs is 1. The number of carbonyl (C=O) groups excluding carboxylic acids is 5. The van der Waals surface area contributed by atoms with Gasteiger partial charge >= 0.3 is 0 Å². The molecular formula is C54H56Cl4N8O6. The number of hydrogen-bond donors (Lipinski definition) is 5. The molecule has 0 aliphatic carbocycles. The minimum absolute atomic E-state index is 0.00649. The summed E-state index contributed by atoms with van der Waals surface area (Å²) in [5, 5.41) is 23.5. The van der Waals surface area contributed by atoms with Crippen LogP contribution in [-0.4, -0.2) is 112 Å². The number of benzene rings is 4. The topological polar surface area (TPSA) is 186 Å². The van der Waals surface area contributed by atoms with E-state index in [-0.39, 0.29) is 68.2 Å². The largest absolute Gasteiger partial charge is 0.390 e. The third-order valence-corrected chi connectivity index (χ3v) is 13.7. The standard InChI is InChI=1S/C54H56Cl4N8O6/c55-43-17-15-36(24-45(43)57)22-40-31-66(32-41(52(40)70)23-37-16-18-44(56)46(58)25-37)54(72)48(26-35-10-4-3-5-11-35)64-50(68)14-6-1-2-9-20-59-51(69)29-60-49-27-47(62-34-63-49)53(71)61-28-42(67)33-65-21-19-38-12-7-8-13-39(38)30-65/h3-5,7-8,10-13,15-18,22-25,27,34,42,48,67H,1-2,6,9,14,19-21,26,28-33H2,(H,59,69)(H,61,71)(H,64,68)(H,60,62,63)/b40-22+,41-23+/t42-,48+/m1/s1. The van der Waals surface area contributed by atoms with Gasteiger partial charge in [-0.05, 0) is 83.5 Å². The SMILES string of the molecule is O=C(CNc1cc(C(=O)NC[C@@H](O)CN2CCc3ccccc3C2)ncn1)NCCCCCCC(=O)N[C@@H](Cc1ccccc1)C(=O)N1C/C(=C\c2ccc(Cl)c(Cl)c2)C(=O)/C(=C/c2ccc(Cl)c(Cl)c2)C1. The van der Waals surface area contributed by atoms with Crippen molar-refractivity contribution < 1.29 is 29.1 Å². The van der Waals surface area contributed by atoms with Gasteiger partial charge in [-0.1, -0.05) is 126 Å². The smallest absolute Gasteiger partial charge is 0.270 e. The molecule has 1 aromatic heterocycles. The van der Waals surface area contributed by atoms with Gasteiger partial charge in [0.25, 0.3) is 5.91 Å². The summed E-state index contributed by atoms with van der Waals surface area (Å²) in [7, 11) is 0. The van der Waals surface area contributed by atoms with Crippen molar-refractivity contribution in [1.82, 2.24) is 35.7 Å². The van der Waals surface area contributed by atoms with Crippen LogP contribution in [-0.2, 0) is 38.6 Å². The Kier molecular flexibility index (Phi) is 19.8. The predicted octanol–water partition coefficient (Wildman–Crippen LogP) is 8.02. The van der Waals surface area contributed by atoms with E-state index in [9.17, 15) is 29.1 Å². The highest BCUT2D eigenvalue weighted by Crippen LogP contribution is 2.29. The number of hydrogen-bond acceptors (Lipinski definition) is 10. The maximum absolute atomic E-state index is 14.5. The van der Waals surface area contributed by atoms with Crippen LogP contribution in [0.5, 0.6) is 0 Å². The first-order valence-electron chi connectivity index (χ1n) is 23.8. The third-order valence-electron chi connectivity index (χ3n) is 12.3. The van der Waals surface area contributed by atoms with Gasteiger partial charge in [-0.3, -0.25) is 28.9 Å². The Labute approximate surface area is 439 Å². The number of halogens is 4. The molecule has 376 valence electrons. The Morgan fingerprint density at radius 1 is 0.708 bits per heavy atom. The fraction of sp³-hybridized carbons (Fsp3) is 0.315. The lowest BCUT2D eigenvalue weighted by atomic mass is 9.93. The van der Waals surface area contributed by atoms with E-state index < -0.39 is 18.1 Å². The quantitative estimate of drug-likeness (QED) is 0.0356. The number of Topliss-reactive ketones (excluding diaryl/α,β-unsaturated/α-hetero) is 1. The van der Waals surface area contributed by atoms with Crippen molar-refractivity contribution in [2.24, 2.45) is 0 Å². The molecule has 0 radical (unpaired) electrons. The highest BCUT2D eigenvalue weighted by molar-refractivity contribution is 6.42. The Morgan fingerprint density at radius 3 is 2.04 bits per heavy atom. The van der Waals surface area contributed by atoms with Gasteiger partial charge in [0.2, 0.25) is 17.7 Å². The molecule has 18 heteroatoms. The lowest BCUT2D eigenvalue weighted by Gasteiger charge is -2.33. The molecule has 4 aromatic carbocycles. The zero-order valence-corrected chi connectivity index (χ0v) is 42.5. The van der Waals surface area contributed by atoms with Crippen molar-refractivity contribution in [1.29, 1.82) is 0 Å². The zero-order chi connectivity index (χ0) is 51.0. The van der Waals surface area contributed by atoms with Gasteiger partial charge in [0.15, 0.2) is 5.78 Å². The molecule has 5 N–H and O–H groups in total. The molecule has 0 bridgehead atoms. The van der Waals surface area contributed by atoms with Crippen molar-refractivity contribution in [3.63, 3.8) is 0 Å². The number of aromatic nitrogens is 2. The summed E-state index contributed by atoms with van der Waals surface area (Å²) in [4.78, 5) is 79.4. The van der Waals surface area contributed by atoms with Gasteiger partial charge in [0, 0.05) is 75.9 Å². The summed E-state index contributed by atoms with van der Waals surface area (Å²) in [5.41, 5.74) is 5.49. The summed E-state index contributed by atoms with van der Waals surface area (Å²) < 4.78 is 0. The number of aliphatic hydroxyl groups is 1. The molecule has 5 aromatic rings. The van der Waals surface area contributed by atoms with Gasteiger partial charge in [-0.25, -0.2) is 9.97 Å². The van der Waals surface area contributed by atoms with Crippen LogP contribution in [0.3, 0.4) is 0 Å². The van der Waals surface area contributed by atoms with E-state index in [0.717, 1.165) is 31.5 Å². The Balaban J connectivity index is 0.852. The predicted molar refractivity (Wildman–Crippen MR) is 283 cm³/mol. The second-order valence-corrected chi connectivity index (χ2v) is 19.4. The van der Waals surface area contributed by atoms with Crippen LogP contribution in [0, 0.1) is 0 Å². The first kappa shape index (κ1) is 53.7. The molecule has 0 saturated carbocycles. The van der Waals surface area contributed by atoms with Crippen LogP contribution in [0.1, 0.15) is 70.4 Å². The fourth-order valence-electron chi connectivity index (χ4n) is 8.52. The van der Waals surface area contributed by atoms with E-state index in [1.807, 2.05) is 42.5 Å². The number of anilines is 1. The molecule has 1 saturated heterocycles. The lowest BCUT2D eigenvalue weighted by molar-refractivity contribution is -0.136. The van der Waals surface area contributed by atoms with Crippen molar-refractivity contribution in [2.45, 2.75) is 63.6 Å². The highest BCUT2D eigenvalue weighted by Gasteiger charge is 2.34. The number of β-amino-alcohol motifs (C(OH)–C–C–N with tert-alkyl or cyclic N) is 1. The lowest BCUT2D eigenvalue weighted by Crippen LogP contribution is -2.52. The molecule has 0 spiro atoms. The monoisotopic (exact) mass is 1050 g/mol. The average Bonchev–Trinajstić information content (AvgIpc) is 3.38. The number of nitrogens with zero attached hydrogens (tertiary/aromatic N) is 4. The normalized spacial score (nSPS) is 15.7. The number of nitrogens with one attached hydrogen (secondary N) is 4. The highest BCUT2D eigenvalue weighted by atomic mass is 35.5. The summed E-state index contributed by atoms with van der Waals surface area (Å²) in [6.07, 6.45) is 7.90. The van der Waals surface area contributed by atoms with Crippen LogP contribution in [0.25, 0.3) is 12.2 Å². The van der Waals surface area contributed by atoms with Crippen molar-refractivity contribution in [2.75, 3.05) is 51.1 Å². The maximum Gasteiger partial charge on any atom is 0.270 e. The Hall–Kier alpha value is -6.13. The molecule has 2 aliphatic rings. The van der Waals surface area contributed by atoms with Crippen LogP contribution in [0.15, 0.2) is 115 Å². The average molecular weight is 1050 g/mol. The summed E-state index contributed by atoms with van der Waals surface area (Å²) in [6.45, 7) is 2.41. The molecule has 14 nitrogen and oxygen atoms in total. The molecule has 2 atom stereocenters. The first-order valence-corrected chi connectivity index (χ1v) is 25.3. The Morgan fingerprint density at radius 2 is 1.36 bits per heavy atom. The maximum atomic E-state index is 14.5. The van der Waals surface area contributed by atoms with E-state index in [4.69, 9.17) is 46.4 Å². The summed E-state index contributed by atoms with van der Waals surface area (Å²) >= 11 is 25.0. The number of likely N-dealkylation sites (tertiary alicyclic amines) is 1. The van der Waals surface area contributed by atoms with Gasteiger partial charge in [0.1, 0.15) is 23.9 Å². The minimum Gasteiger partial charge on any atom is -0.390 e. The number of amides is 4. The number of rotatable bonds is 21. The van der Waals surface area contributed by atoms with Crippen LogP contribution < -0.4 is 21.3 Å². The summed E-state index contributed by atoms with van der Waals surface area (Å²) in [6, 6.07) is 28.2. The molecular weight excluding hydrogens is 998 g/mol. The number of piperidine rings is 1. The van der Waals surface area contributed by atoms with Gasteiger partial charge < -0.3 is 31.3 Å². The molecule has 3 heterocycles.